The summed E-state index contributed by atoms with van der Waals surface area (Å²) in [5.41, 5.74) is 1.02. The Morgan fingerprint density at radius 3 is 2.15 bits per heavy atom. The van der Waals surface area contributed by atoms with Crippen molar-refractivity contribution < 1.29 is 14.2 Å². The van der Waals surface area contributed by atoms with Gasteiger partial charge in [-0.25, -0.2) is 0 Å². The highest BCUT2D eigenvalue weighted by atomic mass is 127. The number of aliphatic imine (C=N–C) groups is 1. The molecule has 0 bridgehead atoms. The molecule has 2 fully saturated rings. The number of ether oxygens (including phenoxy) is 3. The van der Waals surface area contributed by atoms with E-state index in [1.807, 2.05) is 19.2 Å². The first-order valence-electron chi connectivity index (χ1n) is 12.1. The third-order valence-corrected chi connectivity index (χ3v) is 6.88. The van der Waals surface area contributed by atoms with Crippen LogP contribution in [0.2, 0.25) is 0 Å². The van der Waals surface area contributed by atoms with Crippen LogP contribution in [0.25, 0.3) is 0 Å². The first-order valence-corrected chi connectivity index (χ1v) is 12.1. The first kappa shape index (κ1) is 27.8. The largest absolute Gasteiger partial charge is 0.496 e. The Bertz CT molecular complexity index is 707. The fourth-order valence-electron chi connectivity index (χ4n) is 5.01. The van der Waals surface area contributed by atoms with Crippen molar-refractivity contribution in [2.75, 3.05) is 54.6 Å². The summed E-state index contributed by atoms with van der Waals surface area (Å²) in [7, 11) is 6.83. The fourth-order valence-corrected chi connectivity index (χ4v) is 5.01. The van der Waals surface area contributed by atoms with Crippen LogP contribution in [0.1, 0.15) is 50.5 Å². The van der Waals surface area contributed by atoms with Gasteiger partial charge in [0.1, 0.15) is 17.2 Å². The van der Waals surface area contributed by atoms with Crippen molar-refractivity contribution in [2.45, 2.75) is 57.4 Å². The lowest BCUT2D eigenvalue weighted by Gasteiger charge is -2.36. The summed E-state index contributed by atoms with van der Waals surface area (Å²) in [6.07, 6.45) is 10.3. The molecule has 8 heteroatoms. The molecule has 33 heavy (non-hydrogen) atoms. The Morgan fingerprint density at radius 2 is 1.61 bits per heavy atom. The predicted molar refractivity (Wildman–Crippen MR) is 146 cm³/mol. The van der Waals surface area contributed by atoms with Crippen LogP contribution in [0.15, 0.2) is 17.1 Å². The average molecular weight is 575 g/mol. The molecule has 2 N–H and O–H groups in total. The topological polar surface area (TPSA) is 67.4 Å². The van der Waals surface area contributed by atoms with Crippen molar-refractivity contribution in [3.63, 3.8) is 0 Å². The molecule has 1 saturated heterocycles. The molecule has 1 aliphatic carbocycles. The van der Waals surface area contributed by atoms with E-state index in [1.165, 1.54) is 64.6 Å². The minimum atomic E-state index is 0. The maximum Gasteiger partial charge on any atom is 0.191 e. The number of benzene rings is 1. The number of methoxy groups -OCH3 is 3. The van der Waals surface area contributed by atoms with Gasteiger partial charge in [-0.2, -0.15) is 0 Å². The van der Waals surface area contributed by atoms with E-state index in [0.717, 1.165) is 47.7 Å². The highest BCUT2D eigenvalue weighted by molar-refractivity contribution is 14.0. The number of hydrogen-bond acceptors (Lipinski definition) is 5. The molecule has 0 amide bonds. The lowest BCUT2D eigenvalue weighted by atomic mass is 9.88. The molecule has 188 valence electrons. The summed E-state index contributed by atoms with van der Waals surface area (Å²) >= 11 is 0. The summed E-state index contributed by atoms with van der Waals surface area (Å²) in [4.78, 5) is 7.11. The summed E-state index contributed by atoms with van der Waals surface area (Å²) in [6.45, 7) is 4.40. The number of likely N-dealkylation sites (tertiary alicyclic amines) is 1. The van der Waals surface area contributed by atoms with Crippen molar-refractivity contribution in [1.82, 2.24) is 15.5 Å². The van der Waals surface area contributed by atoms with Crippen LogP contribution in [-0.2, 0) is 6.42 Å². The SMILES string of the molecule is CN=C(NCCc1c(OC)cc(OC)cc1OC)NC1CCN(CC2CCCCC2)CC1.I. The van der Waals surface area contributed by atoms with E-state index in [0.29, 0.717) is 6.04 Å². The van der Waals surface area contributed by atoms with Crippen molar-refractivity contribution >= 4 is 29.9 Å². The molecular weight excluding hydrogens is 531 g/mol. The number of halogens is 1. The summed E-state index contributed by atoms with van der Waals surface area (Å²) < 4.78 is 16.5. The predicted octanol–water partition coefficient (Wildman–Crippen LogP) is 4.08. The molecule has 1 heterocycles. The monoisotopic (exact) mass is 574 g/mol. The van der Waals surface area contributed by atoms with E-state index < -0.39 is 0 Å². The van der Waals surface area contributed by atoms with Crippen LogP contribution in [0.4, 0.5) is 0 Å². The van der Waals surface area contributed by atoms with Crippen LogP contribution in [0.3, 0.4) is 0 Å². The quantitative estimate of drug-likeness (QED) is 0.263. The minimum absolute atomic E-state index is 0. The molecule has 1 saturated carbocycles. The Labute approximate surface area is 217 Å². The van der Waals surface area contributed by atoms with E-state index in [1.54, 1.807) is 21.3 Å². The van der Waals surface area contributed by atoms with Crippen molar-refractivity contribution in [3.8, 4) is 17.2 Å². The standard InChI is InChI=1S/C25H42N4O3.HI/c1-26-25(27-13-10-22-23(31-3)16-21(30-2)17-24(22)32-4)28-20-11-14-29(15-12-20)18-19-8-6-5-7-9-19;/h16-17,19-20H,5-15,18H2,1-4H3,(H2,26,27,28);1H. The number of hydrogen-bond donors (Lipinski definition) is 2. The van der Waals surface area contributed by atoms with Gasteiger partial charge in [0, 0.05) is 57.0 Å². The normalized spacial score (nSPS) is 18.4. The lowest BCUT2D eigenvalue weighted by molar-refractivity contribution is 0.160. The molecule has 0 spiro atoms. The lowest BCUT2D eigenvalue weighted by Crippen LogP contribution is -2.49. The molecule has 1 aromatic rings. The van der Waals surface area contributed by atoms with Crippen LogP contribution in [-0.4, -0.2) is 71.5 Å². The number of nitrogens with one attached hydrogen (secondary N) is 2. The Kier molecular flexibility index (Phi) is 12.4. The fraction of sp³-hybridized carbons (Fsp3) is 0.720. The smallest absolute Gasteiger partial charge is 0.191 e. The van der Waals surface area contributed by atoms with Crippen LogP contribution in [0, 0.1) is 5.92 Å². The average Bonchev–Trinajstić information content (AvgIpc) is 2.84. The Balaban J connectivity index is 0.00000385. The summed E-state index contributed by atoms with van der Waals surface area (Å²) in [6, 6.07) is 4.27. The Morgan fingerprint density at radius 1 is 0.970 bits per heavy atom. The van der Waals surface area contributed by atoms with Gasteiger partial charge in [0.2, 0.25) is 0 Å². The zero-order chi connectivity index (χ0) is 22.8. The van der Waals surface area contributed by atoms with E-state index in [-0.39, 0.29) is 24.0 Å². The third kappa shape index (κ3) is 8.38. The van der Waals surface area contributed by atoms with Crippen LogP contribution < -0.4 is 24.8 Å². The molecule has 0 radical (unpaired) electrons. The number of guanidine groups is 1. The summed E-state index contributed by atoms with van der Waals surface area (Å²) in [5, 5.41) is 7.08. The highest BCUT2D eigenvalue weighted by Gasteiger charge is 2.23. The van der Waals surface area contributed by atoms with E-state index in [9.17, 15) is 0 Å². The second-order valence-electron chi connectivity index (χ2n) is 8.98. The maximum atomic E-state index is 5.56. The van der Waals surface area contributed by atoms with E-state index in [2.05, 4.69) is 20.5 Å². The van der Waals surface area contributed by atoms with E-state index in [4.69, 9.17) is 14.2 Å². The molecule has 2 aliphatic rings. The summed E-state index contributed by atoms with van der Waals surface area (Å²) in [5.74, 6) is 4.06. The van der Waals surface area contributed by atoms with Crippen molar-refractivity contribution in [3.05, 3.63) is 17.7 Å². The van der Waals surface area contributed by atoms with Crippen molar-refractivity contribution in [1.29, 1.82) is 0 Å². The van der Waals surface area contributed by atoms with Crippen LogP contribution in [0.5, 0.6) is 17.2 Å². The number of piperidine rings is 1. The van der Waals surface area contributed by atoms with Gasteiger partial charge in [-0.3, -0.25) is 4.99 Å². The van der Waals surface area contributed by atoms with Crippen molar-refractivity contribution in [2.24, 2.45) is 10.9 Å². The van der Waals surface area contributed by atoms with Gasteiger partial charge in [0.15, 0.2) is 5.96 Å². The van der Waals surface area contributed by atoms with Gasteiger partial charge >= 0.3 is 0 Å². The number of rotatable bonds is 9. The molecule has 1 aromatic carbocycles. The van der Waals surface area contributed by atoms with Gasteiger partial charge in [-0.1, -0.05) is 19.3 Å². The number of nitrogens with zero attached hydrogens (tertiary/aromatic N) is 2. The first-order chi connectivity index (χ1) is 15.7. The molecule has 0 atom stereocenters. The second kappa shape index (κ2) is 14.8. The van der Waals surface area contributed by atoms with Crippen LogP contribution >= 0.6 is 24.0 Å². The zero-order valence-corrected chi connectivity index (χ0v) is 23.2. The second-order valence-corrected chi connectivity index (χ2v) is 8.98. The molecule has 1 aliphatic heterocycles. The van der Waals surface area contributed by atoms with Gasteiger partial charge in [0.25, 0.3) is 0 Å². The molecule has 3 rings (SSSR count). The van der Waals surface area contributed by atoms with Gasteiger partial charge in [-0.15, -0.1) is 24.0 Å². The Hall–Kier alpha value is -1.42. The minimum Gasteiger partial charge on any atom is -0.496 e. The molecule has 7 nitrogen and oxygen atoms in total. The zero-order valence-electron chi connectivity index (χ0n) is 20.8. The molecule has 0 aromatic heterocycles. The maximum absolute atomic E-state index is 5.56. The van der Waals surface area contributed by atoms with Gasteiger partial charge in [-0.05, 0) is 38.0 Å². The molecule has 0 unspecified atom stereocenters. The van der Waals surface area contributed by atoms with Gasteiger partial charge in [0.05, 0.1) is 21.3 Å². The molecular formula is C25H43IN4O3. The van der Waals surface area contributed by atoms with E-state index >= 15 is 0 Å². The highest BCUT2D eigenvalue weighted by Crippen LogP contribution is 2.34. The third-order valence-electron chi connectivity index (χ3n) is 6.88. The van der Waals surface area contributed by atoms with Gasteiger partial charge < -0.3 is 29.7 Å².